The minimum atomic E-state index is -0.720. The molecule has 3 amide bonds. The van der Waals surface area contributed by atoms with Crippen molar-refractivity contribution in [2.45, 2.75) is 0 Å². The van der Waals surface area contributed by atoms with Crippen LogP contribution in [0.2, 0.25) is 0 Å². The minimum Gasteiger partial charge on any atom is -0.336 e. The Morgan fingerprint density at radius 2 is 2.40 bits per heavy atom. The van der Waals surface area contributed by atoms with Crippen LogP contribution in [0.4, 0.5) is 9.18 Å². The van der Waals surface area contributed by atoms with Crippen molar-refractivity contribution in [3.05, 3.63) is 29.8 Å². The van der Waals surface area contributed by atoms with E-state index in [4.69, 9.17) is 0 Å². The normalized spacial score (nSPS) is 15.3. The number of halogens is 1. The van der Waals surface area contributed by atoms with Gasteiger partial charge in [0.25, 0.3) is 5.91 Å². The number of pyridine rings is 1. The van der Waals surface area contributed by atoms with E-state index in [-0.39, 0.29) is 12.1 Å². The number of nitrogens with zero attached hydrogens (tertiary/aromatic N) is 2. The Balaban J connectivity index is 2.28. The summed E-state index contributed by atoms with van der Waals surface area (Å²) in [6.45, 7) is 0.663. The first kappa shape index (κ1) is 9.57. The zero-order valence-electron chi connectivity index (χ0n) is 7.74. The summed E-state index contributed by atoms with van der Waals surface area (Å²) in [5.74, 6) is -1.35. The maximum atomic E-state index is 13.2. The molecule has 1 aromatic rings. The fourth-order valence-corrected chi connectivity index (χ4v) is 1.36. The average molecular weight is 209 g/mol. The summed E-state index contributed by atoms with van der Waals surface area (Å²) in [5.41, 5.74) is -0.137. The lowest BCUT2D eigenvalue weighted by Crippen LogP contribution is -2.34. The van der Waals surface area contributed by atoms with Gasteiger partial charge < -0.3 is 5.32 Å². The third kappa shape index (κ3) is 1.65. The Morgan fingerprint density at radius 1 is 1.60 bits per heavy atom. The van der Waals surface area contributed by atoms with Crippen LogP contribution < -0.4 is 5.32 Å². The second-order valence-corrected chi connectivity index (χ2v) is 3.04. The SMILES string of the molecule is O=C1NCCN1C(=O)c1ccncc1F. The van der Waals surface area contributed by atoms with Gasteiger partial charge in [-0.2, -0.15) is 0 Å². The van der Waals surface area contributed by atoms with E-state index in [1.807, 2.05) is 0 Å². The number of rotatable bonds is 1. The van der Waals surface area contributed by atoms with Crippen LogP contribution in [0, 0.1) is 5.82 Å². The summed E-state index contributed by atoms with van der Waals surface area (Å²) in [5, 5.41) is 2.47. The second kappa shape index (κ2) is 3.64. The molecule has 0 unspecified atom stereocenters. The molecule has 6 heteroatoms. The van der Waals surface area contributed by atoms with E-state index >= 15 is 0 Å². The molecule has 5 nitrogen and oxygen atoms in total. The van der Waals surface area contributed by atoms with Crippen LogP contribution in [0.3, 0.4) is 0 Å². The quantitative estimate of drug-likeness (QED) is 0.727. The number of hydrogen-bond acceptors (Lipinski definition) is 3. The van der Waals surface area contributed by atoms with Gasteiger partial charge in [0.05, 0.1) is 11.8 Å². The Kier molecular flexibility index (Phi) is 2.32. The highest BCUT2D eigenvalue weighted by atomic mass is 19.1. The Morgan fingerprint density at radius 3 is 3.00 bits per heavy atom. The number of nitrogens with one attached hydrogen (secondary N) is 1. The molecule has 1 N–H and O–H groups in total. The topological polar surface area (TPSA) is 62.3 Å². The van der Waals surface area contributed by atoms with Crippen LogP contribution in [0.1, 0.15) is 10.4 Å². The molecule has 0 spiro atoms. The first-order chi connectivity index (χ1) is 7.20. The lowest BCUT2D eigenvalue weighted by atomic mass is 10.2. The van der Waals surface area contributed by atoms with E-state index in [1.165, 1.54) is 12.3 Å². The zero-order chi connectivity index (χ0) is 10.8. The molecule has 78 valence electrons. The van der Waals surface area contributed by atoms with Crippen molar-refractivity contribution in [2.75, 3.05) is 13.1 Å². The third-order valence-electron chi connectivity index (χ3n) is 2.10. The lowest BCUT2D eigenvalue weighted by molar-refractivity contribution is 0.0824. The Labute approximate surface area is 84.9 Å². The van der Waals surface area contributed by atoms with Gasteiger partial charge in [0.1, 0.15) is 0 Å². The van der Waals surface area contributed by atoms with Crippen molar-refractivity contribution < 1.29 is 14.0 Å². The largest absolute Gasteiger partial charge is 0.336 e. The molecule has 0 aromatic carbocycles. The van der Waals surface area contributed by atoms with Gasteiger partial charge in [0.15, 0.2) is 5.82 Å². The van der Waals surface area contributed by atoms with Crippen LogP contribution in [-0.4, -0.2) is 34.9 Å². The fourth-order valence-electron chi connectivity index (χ4n) is 1.36. The van der Waals surface area contributed by atoms with Crippen molar-refractivity contribution in [1.82, 2.24) is 15.2 Å². The van der Waals surface area contributed by atoms with Gasteiger partial charge in [-0.3, -0.25) is 14.7 Å². The van der Waals surface area contributed by atoms with E-state index < -0.39 is 17.8 Å². The second-order valence-electron chi connectivity index (χ2n) is 3.04. The molecule has 0 atom stereocenters. The summed E-state index contributed by atoms with van der Waals surface area (Å²) < 4.78 is 13.2. The molecule has 0 bridgehead atoms. The molecule has 2 heterocycles. The number of amides is 3. The highest BCUT2D eigenvalue weighted by molar-refractivity contribution is 6.05. The fraction of sp³-hybridized carbons (Fsp3) is 0.222. The molecule has 1 aromatic heterocycles. The standard InChI is InChI=1S/C9H8FN3O2/c10-7-5-11-2-1-6(7)8(14)13-4-3-12-9(13)15/h1-2,5H,3-4H2,(H,12,15). The molecular formula is C9H8FN3O2. The number of carbonyl (C=O) groups excluding carboxylic acids is 2. The maximum Gasteiger partial charge on any atom is 0.324 e. The van der Waals surface area contributed by atoms with Gasteiger partial charge in [-0.25, -0.2) is 9.18 Å². The van der Waals surface area contributed by atoms with E-state index in [9.17, 15) is 14.0 Å². The summed E-state index contributed by atoms with van der Waals surface area (Å²) in [6.07, 6.45) is 2.26. The third-order valence-corrected chi connectivity index (χ3v) is 2.10. The lowest BCUT2D eigenvalue weighted by Gasteiger charge is -2.11. The highest BCUT2D eigenvalue weighted by Gasteiger charge is 2.28. The Bertz CT molecular complexity index is 422. The first-order valence-corrected chi connectivity index (χ1v) is 4.39. The van der Waals surface area contributed by atoms with Crippen molar-refractivity contribution in [1.29, 1.82) is 0 Å². The molecule has 1 fully saturated rings. The van der Waals surface area contributed by atoms with Crippen LogP contribution in [-0.2, 0) is 0 Å². The van der Waals surface area contributed by atoms with E-state index in [0.717, 1.165) is 11.1 Å². The number of urea groups is 1. The van der Waals surface area contributed by atoms with Gasteiger partial charge in [-0.05, 0) is 6.07 Å². The smallest absolute Gasteiger partial charge is 0.324 e. The van der Waals surface area contributed by atoms with Crippen molar-refractivity contribution in [3.63, 3.8) is 0 Å². The van der Waals surface area contributed by atoms with Crippen molar-refractivity contribution >= 4 is 11.9 Å². The molecule has 0 radical (unpaired) electrons. The average Bonchev–Trinajstić information content (AvgIpc) is 2.64. The Hall–Kier alpha value is -1.98. The predicted molar refractivity (Wildman–Crippen MR) is 48.6 cm³/mol. The van der Waals surface area contributed by atoms with Gasteiger partial charge in [-0.1, -0.05) is 0 Å². The molecule has 1 saturated heterocycles. The zero-order valence-corrected chi connectivity index (χ0v) is 7.74. The van der Waals surface area contributed by atoms with E-state index in [1.54, 1.807) is 0 Å². The number of hydrogen-bond donors (Lipinski definition) is 1. The number of carbonyl (C=O) groups is 2. The van der Waals surface area contributed by atoms with Crippen LogP contribution in [0.25, 0.3) is 0 Å². The number of aromatic nitrogens is 1. The van der Waals surface area contributed by atoms with E-state index in [2.05, 4.69) is 10.3 Å². The van der Waals surface area contributed by atoms with Crippen molar-refractivity contribution in [3.8, 4) is 0 Å². The van der Waals surface area contributed by atoms with Gasteiger partial charge >= 0.3 is 6.03 Å². The van der Waals surface area contributed by atoms with E-state index in [0.29, 0.717) is 6.54 Å². The van der Waals surface area contributed by atoms with Gasteiger partial charge in [0, 0.05) is 19.3 Å². The van der Waals surface area contributed by atoms with Crippen LogP contribution in [0.15, 0.2) is 18.5 Å². The molecule has 0 saturated carbocycles. The first-order valence-electron chi connectivity index (χ1n) is 4.39. The summed E-state index contributed by atoms with van der Waals surface area (Å²) in [4.78, 5) is 27.3. The minimum absolute atomic E-state index is 0.137. The van der Waals surface area contributed by atoms with Gasteiger partial charge in [0.2, 0.25) is 0 Å². The summed E-state index contributed by atoms with van der Waals surface area (Å²) in [6, 6.07) is 0.764. The van der Waals surface area contributed by atoms with Gasteiger partial charge in [-0.15, -0.1) is 0 Å². The van der Waals surface area contributed by atoms with Crippen LogP contribution in [0.5, 0.6) is 0 Å². The number of imide groups is 1. The monoisotopic (exact) mass is 209 g/mol. The highest BCUT2D eigenvalue weighted by Crippen LogP contribution is 2.10. The molecule has 1 aliphatic heterocycles. The van der Waals surface area contributed by atoms with Crippen molar-refractivity contribution in [2.24, 2.45) is 0 Å². The maximum absolute atomic E-state index is 13.2. The summed E-state index contributed by atoms with van der Waals surface area (Å²) in [7, 11) is 0. The molecular weight excluding hydrogens is 201 g/mol. The molecule has 2 rings (SSSR count). The molecule has 1 aliphatic rings. The summed E-state index contributed by atoms with van der Waals surface area (Å²) >= 11 is 0. The molecule has 0 aliphatic carbocycles. The molecule has 15 heavy (non-hydrogen) atoms. The predicted octanol–water partition coefficient (Wildman–Crippen LogP) is 0.386. The van der Waals surface area contributed by atoms with Crippen LogP contribution >= 0.6 is 0 Å².